The first-order valence-corrected chi connectivity index (χ1v) is 3.95. The molecule has 0 unspecified atom stereocenters. The molecule has 0 amide bonds. The Morgan fingerprint density at radius 3 is 3.00 bits per heavy atom. The first kappa shape index (κ1) is 7.86. The van der Waals surface area contributed by atoms with Crippen LogP contribution in [0.4, 0.5) is 0 Å². The number of carbonyl (C=O) groups is 1. The maximum atomic E-state index is 10.2. The molecule has 0 aliphatic rings. The Kier molecular flexibility index (Phi) is 1.77. The monoisotopic (exact) mass is 176 g/mol. The molecule has 0 bridgehead atoms. The van der Waals surface area contributed by atoms with Crippen LogP contribution in [0, 0.1) is 0 Å². The van der Waals surface area contributed by atoms with Crippen molar-refractivity contribution in [2.75, 3.05) is 0 Å². The first-order valence-electron chi connectivity index (χ1n) is 3.95. The molecule has 0 saturated heterocycles. The van der Waals surface area contributed by atoms with Crippen molar-refractivity contribution in [3.63, 3.8) is 0 Å². The van der Waals surface area contributed by atoms with Gasteiger partial charge >= 0.3 is 0 Å². The second kappa shape index (κ2) is 2.94. The second-order valence-corrected chi connectivity index (χ2v) is 2.77. The van der Waals surface area contributed by atoms with Crippen LogP contribution in [0.5, 0.6) is 5.75 Å². The highest BCUT2D eigenvalue weighted by molar-refractivity contribution is 5.84. The van der Waals surface area contributed by atoms with Gasteiger partial charge in [0.05, 0.1) is 11.8 Å². The highest BCUT2D eigenvalue weighted by atomic mass is 16.3. The zero-order chi connectivity index (χ0) is 9.26. The minimum absolute atomic E-state index is 0.179. The molecule has 0 radical (unpaired) electrons. The molecule has 2 aromatic rings. The van der Waals surface area contributed by atoms with Crippen molar-refractivity contribution in [2.24, 2.45) is 0 Å². The lowest BCUT2D eigenvalue weighted by Gasteiger charge is -1.89. The third-order valence-corrected chi connectivity index (χ3v) is 1.87. The Morgan fingerprint density at radius 1 is 1.46 bits per heavy atom. The number of phenolic OH excluding ortho intramolecular Hbond substituents is 1. The lowest BCUT2D eigenvalue weighted by molar-refractivity contribution is -0.107. The largest absolute Gasteiger partial charge is 0.507 e. The van der Waals surface area contributed by atoms with E-state index in [1.54, 1.807) is 24.3 Å². The van der Waals surface area contributed by atoms with Gasteiger partial charge in [-0.15, -0.1) is 0 Å². The lowest BCUT2D eigenvalue weighted by Crippen LogP contribution is -1.78. The van der Waals surface area contributed by atoms with Crippen LogP contribution in [0.1, 0.15) is 5.76 Å². The van der Waals surface area contributed by atoms with Gasteiger partial charge in [0.25, 0.3) is 0 Å². The number of aromatic hydroxyl groups is 1. The molecule has 0 fully saturated rings. The summed E-state index contributed by atoms with van der Waals surface area (Å²) >= 11 is 0. The van der Waals surface area contributed by atoms with Crippen LogP contribution in [-0.4, -0.2) is 11.4 Å². The van der Waals surface area contributed by atoms with Crippen LogP contribution < -0.4 is 0 Å². The summed E-state index contributed by atoms with van der Waals surface area (Å²) in [4.78, 5) is 10.2. The van der Waals surface area contributed by atoms with Gasteiger partial charge in [-0.05, 0) is 18.2 Å². The van der Waals surface area contributed by atoms with E-state index in [0.717, 1.165) is 6.29 Å². The Bertz CT molecular complexity index is 442. The van der Waals surface area contributed by atoms with Crippen LogP contribution in [0.2, 0.25) is 0 Å². The van der Waals surface area contributed by atoms with Crippen molar-refractivity contribution < 1.29 is 14.3 Å². The zero-order valence-electron chi connectivity index (χ0n) is 6.86. The molecule has 3 nitrogen and oxygen atoms in total. The van der Waals surface area contributed by atoms with Crippen molar-refractivity contribution >= 4 is 17.3 Å². The van der Waals surface area contributed by atoms with E-state index in [4.69, 9.17) is 4.42 Å². The van der Waals surface area contributed by atoms with E-state index in [1.807, 2.05) is 0 Å². The topological polar surface area (TPSA) is 50.4 Å². The number of hydrogen-bond acceptors (Lipinski definition) is 3. The molecule has 1 aromatic carbocycles. The van der Waals surface area contributed by atoms with Gasteiger partial charge in [0.15, 0.2) is 0 Å². The molecule has 0 aliphatic heterocycles. The number of carbonyl (C=O) groups excluding carboxylic acids is 1. The number of hydrogen-bond donors (Lipinski definition) is 1. The zero-order valence-corrected chi connectivity index (χ0v) is 6.86. The smallest absolute Gasteiger partial charge is 0.138 e. The highest BCUT2D eigenvalue weighted by Gasteiger charge is 2.05. The van der Waals surface area contributed by atoms with Crippen molar-refractivity contribution in [3.8, 4) is 5.75 Å². The molecule has 1 aromatic heterocycles. The predicted molar refractivity (Wildman–Crippen MR) is 47.6 cm³/mol. The third-order valence-electron chi connectivity index (χ3n) is 1.87. The quantitative estimate of drug-likeness (QED) is 0.710. The van der Waals surface area contributed by atoms with E-state index in [9.17, 15) is 9.90 Å². The summed E-state index contributed by atoms with van der Waals surface area (Å²) in [6.07, 6.45) is 1.02. The molecule has 3 heteroatoms. The summed E-state index contributed by atoms with van der Waals surface area (Å²) in [5.41, 5.74) is 0.608. The van der Waals surface area contributed by atoms with E-state index < -0.39 is 0 Å². The molecule has 66 valence electrons. The van der Waals surface area contributed by atoms with Gasteiger partial charge in [0.1, 0.15) is 23.4 Å². The van der Waals surface area contributed by atoms with E-state index in [-0.39, 0.29) is 12.2 Å². The Balaban J connectivity index is 2.61. The molecular weight excluding hydrogens is 168 g/mol. The van der Waals surface area contributed by atoms with E-state index in [0.29, 0.717) is 16.7 Å². The Labute approximate surface area is 74.6 Å². The highest BCUT2D eigenvalue weighted by Crippen LogP contribution is 2.27. The van der Waals surface area contributed by atoms with Crippen LogP contribution >= 0.6 is 0 Å². The molecule has 0 atom stereocenters. The maximum absolute atomic E-state index is 10.2. The van der Waals surface area contributed by atoms with E-state index in [2.05, 4.69) is 0 Å². The fraction of sp³-hybridized carbons (Fsp3) is 0.100. The van der Waals surface area contributed by atoms with E-state index in [1.165, 1.54) is 0 Å². The summed E-state index contributed by atoms with van der Waals surface area (Å²) in [5, 5.41) is 10.1. The Morgan fingerprint density at radius 2 is 2.31 bits per heavy atom. The van der Waals surface area contributed by atoms with Crippen LogP contribution in [0.25, 0.3) is 11.0 Å². The summed E-state index contributed by atoms with van der Waals surface area (Å²) in [7, 11) is 0. The number of rotatable bonds is 2. The fourth-order valence-corrected chi connectivity index (χ4v) is 1.28. The second-order valence-electron chi connectivity index (χ2n) is 2.77. The summed E-state index contributed by atoms with van der Waals surface area (Å²) in [6, 6.07) is 6.72. The molecule has 1 heterocycles. The van der Waals surface area contributed by atoms with Crippen LogP contribution in [0.3, 0.4) is 0 Å². The van der Waals surface area contributed by atoms with Crippen LogP contribution in [0.15, 0.2) is 28.7 Å². The third kappa shape index (κ3) is 1.28. The van der Waals surface area contributed by atoms with Crippen molar-refractivity contribution in [1.29, 1.82) is 0 Å². The minimum atomic E-state index is 0.179. The van der Waals surface area contributed by atoms with Crippen LogP contribution in [-0.2, 0) is 11.2 Å². The summed E-state index contributed by atoms with van der Waals surface area (Å²) in [5.74, 6) is 0.755. The minimum Gasteiger partial charge on any atom is -0.507 e. The normalized spacial score (nSPS) is 10.5. The average Bonchev–Trinajstić information content (AvgIpc) is 2.49. The molecule has 13 heavy (non-hydrogen) atoms. The van der Waals surface area contributed by atoms with Gasteiger partial charge in [-0.3, -0.25) is 0 Å². The van der Waals surface area contributed by atoms with Gasteiger partial charge in [-0.25, -0.2) is 0 Å². The van der Waals surface area contributed by atoms with Gasteiger partial charge in [-0.1, -0.05) is 6.07 Å². The van der Waals surface area contributed by atoms with Gasteiger partial charge in [0, 0.05) is 0 Å². The average molecular weight is 176 g/mol. The standard InChI is InChI=1S/C10H8O3/c11-5-4-7-6-8-9(12)2-1-3-10(8)13-7/h1-3,5-6,12H,4H2. The van der Waals surface area contributed by atoms with Gasteiger partial charge in [-0.2, -0.15) is 0 Å². The van der Waals surface area contributed by atoms with Gasteiger partial charge in [0.2, 0.25) is 0 Å². The number of furan rings is 1. The maximum Gasteiger partial charge on any atom is 0.138 e. The number of aldehydes is 1. The predicted octanol–water partition coefficient (Wildman–Crippen LogP) is 1.88. The van der Waals surface area contributed by atoms with Crippen molar-refractivity contribution in [1.82, 2.24) is 0 Å². The molecule has 0 spiro atoms. The van der Waals surface area contributed by atoms with Crippen molar-refractivity contribution in [3.05, 3.63) is 30.0 Å². The molecule has 0 aliphatic carbocycles. The molecular formula is C10H8O3. The first-order chi connectivity index (χ1) is 6.31. The fourth-order valence-electron chi connectivity index (χ4n) is 1.28. The van der Waals surface area contributed by atoms with Crippen molar-refractivity contribution in [2.45, 2.75) is 6.42 Å². The van der Waals surface area contributed by atoms with E-state index >= 15 is 0 Å². The molecule has 1 N–H and O–H groups in total. The SMILES string of the molecule is O=CCc1cc2c(O)cccc2o1. The summed E-state index contributed by atoms with van der Waals surface area (Å²) < 4.78 is 5.30. The summed E-state index contributed by atoms with van der Waals surface area (Å²) in [6.45, 7) is 0. The van der Waals surface area contributed by atoms with Gasteiger partial charge < -0.3 is 14.3 Å². The number of fused-ring (bicyclic) bond motifs is 1. The number of benzene rings is 1. The molecule has 0 saturated carbocycles. The number of phenols is 1. The molecule has 2 rings (SSSR count). The lowest BCUT2D eigenvalue weighted by atomic mass is 10.2. The Hall–Kier alpha value is -1.77.